The summed E-state index contributed by atoms with van der Waals surface area (Å²) in [6.45, 7) is 1.93. The quantitative estimate of drug-likeness (QED) is 0.551. The lowest BCUT2D eigenvalue weighted by Gasteiger charge is -2.08. The third kappa shape index (κ3) is 3.07. The summed E-state index contributed by atoms with van der Waals surface area (Å²) >= 11 is 3.29. The van der Waals surface area contributed by atoms with E-state index < -0.39 is 4.92 Å². The maximum Gasteiger partial charge on any atom is 0.288 e. The van der Waals surface area contributed by atoms with Crippen molar-refractivity contribution in [3.05, 3.63) is 69.1 Å². The number of hydrogen-bond acceptors (Lipinski definition) is 5. The maximum atomic E-state index is 10.7. The molecule has 0 atom stereocenters. The van der Waals surface area contributed by atoms with E-state index in [9.17, 15) is 10.1 Å². The van der Waals surface area contributed by atoms with Gasteiger partial charge in [-0.1, -0.05) is 18.2 Å². The van der Waals surface area contributed by atoms with Crippen molar-refractivity contribution in [1.82, 2.24) is 14.8 Å². The van der Waals surface area contributed by atoms with Crippen LogP contribution >= 0.6 is 15.9 Å². The summed E-state index contributed by atoms with van der Waals surface area (Å²) in [5, 5.41) is 18.2. The Morgan fingerprint density at radius 1 is 1.26 bits per heavy atom. The number of benzene rings is 1. The van der Waals surface area contributed by atoms with Gasteiger partial charge in [-0.25, -0.2) is 9.67 Å². The summed E-state index contributed by atoms with van der Waals surface area (Å²) in [5.74, 6) is 0.492. The fraction of sp³-hybridized carbons (Fsp3) is 0.0667. The molecule has 0 aliphatic carbocycles. The summed E-state index contributed by atoms with van der Waals surface area (Å²) in [5.41, 5.74) is 2.56. The molecule has 0 aliphatic rings. The molecule has 0 bridgehead atoms. The topological polar surface area (TPSA) is 85.9 Å². The molecule has 0 aliphatic heterocycles. The van der Waals surface area contributed by atoms with Gasteiger partial charge in [0, 0.05) is 6.07 Å². The molecule has 2 heterocycles. The number of nitro groups is 1. The SMILES string of the molecule is Cc1c(Nc2ncc([N+](=O)[O-])cc2Br)cnn1-c1ccccc1. The van der Waals surface area contributed by atoms with Gasteiger partial charge >= 0.3 is 0 Å². The van der Waals surface area contributed by atoms with E-state index in [1.165, 1.54) is 12.3 Å². The third-order valence-corrected chi connectivity index (χ3v) is 3.91. The molecule has 0 spiro atoms. The number of aromatic nitrogens is 3. The Labute approximate surface area is 140 Å². The van der Waals surface area contributed by atoms with Gasteiger partial charge in [-0.15, -0.1) is 0 Å². The molecule has 0 radical (unpaired) electrons. The molecule has 116 valence electrons. The molecule has 0 saturated heterocycles. The van der Waals surface area contributed by atoms with E-state index >= 15 is 0 Å². The number of para-hydroxylation sites is 1. The van der Waals surface area contributed by atoms with Crippen LogP contribution in [0.4, 0.5) is 17.2 Å². The van der Waals surface area contributed by atoms with E-state index in [1.54, 1.807) is 6.20 Å². The van der Waals surface area contributed by atoms with Crippen LogP contribution in [0, 0.1) is 17.0 Å². The minimum atomic E-state index is -0.486. The van der Waals surface area contributed by atoms with E-state index in [4.69, 9.17) is 0 Å². The Morgan fingerprint density at radius 2 is 2.00 bits per heavy atom. The van der Waals surface area contributed by atoms with Crippen LogP contribution in [-0.4, -0.2) is 19.7 Å². The van der Waals surface area contributed by atoms with Crippen LogP contribution in [0.25, 0.3) is 5.69 Å². The molecule has 1 aromatic carbocycles. The lowest BCUT2D eigenvalue weighted by Crippen LogP contribution is -2.00. The molecular formula is C15H12BrN5O2. The zero-order valence-corrected chi connectivity index (χ0v) is 13.7. The smallest absolute Gasteiger partial charge is 0.288 e. The fourth-order valence-electron chi connectivity index (χ4n) is 2.11. The van der Waals surface area contributed by atoms with Gasteiger partial charge in [0.15, 0.2) is 0 Å². The molecule has 23 heavy (non-hydrogen) atoms. The predicted octanol–water partition coefficient (Wildman–Crippen LogP) is 3.99. The second-order valence-electron chi connectivity index (χ2n) is 4.80. The summed E-state index contributed by atoms with van der Waals surface area (Å²) in [7, 11) is 0. The van der Waals surface area contributed by atoms with Gasteiger partial charge in [0.1, 0.15) is 12.0 Å². The average molecular weight is 374 g/mol. The monoisotopic (exact) mass is 373 g/mol. The van der Waals surface area contributed by atoms with Crippen molar-refractivity contribution in [3.8, 4) is 5.69 Å². The number of rotatable bonds is 4. The van der Waals surface area contributed by atoms with Crippen LogP contribution in [0.3, 0.4) is 0 Å². The summed E-state index contributed by atoms with van der Waals surface area (Å²) < 4.78 is 2.32. The average Bonchev–Trinajstić information content (AvgIpc) is 2.91. The van der Waals surface area contributed by atoms with Crippen molar-refractivity contribution in [2.75, 3.05) is 5.32 Å². The first-order chi connectivity index (χ1) is 11.1. The van der Waals surface area contributed by atoms with E-state index in [-0.39, 0.29) is 5.69 Å². The predicted molar refractivity (Wildman–Crippen MR) is 90.2 cm³/mol. The molecule has 8 heteroatoms. The van der Waals surface area contributed by atoms with Gasteiger partial charge < -0.3 is 5.32 Å². The van der Waals surface area contributed by atoms with Crippen LogP contribution < -0.4 is 5.32 Å². The van der Waals surface area contributed by atoms with Crippen molar-refractivity contribution in [3.63, 3.8) is 0 Å². The molecule has 0 unspecified atom stereocenters. The zero-order chi connectivity index (χ0) is 16.4. The Morgan fingerprint density at radius 3 is 2.65 bits per heavy atom. The van der Waals surface area contributed by atoms with E-state index in [1.807, 2.05) is 41.9 Å². The van der Waals surface area contributed by atoms with Gasteiger partial charge in [0.05, 0.1) is 32.7 Å². The van der Waals surface area contributed by atoms with E-state index in [2.05, 4.69) is 31.3 Å². The van der Waals surface area contributed by atoms with Gasteiger partial charge in [-0.2, -0.15) is 5.10 Å². The highest BCUT2D eigenvalue weighted by atomic mass is 79.9. The second-order valence-corrected chi connectivity index (χ2v) is 5.65. The van der Waals surface area contributed by atoms with Crippen molar-refractivity contribution in [2.24, 2.45) is 0 Å². The molecule has 0 fully saturated rings. The lowest BCUT2D eigenvalue weighted by molar-refractivity contribution is -0.385. The maximum absolute atomic E-state index is 10.7. The number of anilines is 2. The Kier molecular flexibility index (Phi) is 4.07. The number of nitrogens with one attached hydrogen (secondary N) is 1. The molecule has 0 saturated carbocycles. The van der Waals surface area contributed by atoms with E-state index in [0.717, 1.165) is 17.1 Å². The Bertz CT molecular complexity index is 864. The van der Waals surface area contributed by atoms with Crippen LogP contribution in [0.2, 0.25) is 0 Å². The Balaban J connectivity index is 1.90. The third-order valence-electron chi connectivity index (χ3n) is 3.30. The number of hydrogen-bond donors (Lipinski definition) is 1. The highest BCUT2D eigenvalue weighted by Gasteiger charge is 2.13. The number of nitrogens with zero attached hydrogens (tertiary/aromatic N) is 4. The van der Waals surface area contributed by atoms with Crippen molar-refractivity contribution in [2.45, 2.75) is 6.92 Å². The summed E-state index contributed by atoms with van der Waals surface area (Å²) in [6, 6.07) is 11.2. The van der Waals surface area contributed by atoms with Gasteiger partial charge in [0.2, 0.25) is 0 Å². The molecule has 7 nitrogen and oxygen atoms in total. The first-order valence-electron chi connectivity index (χ1n) is 6.73. The standard InChI is InChI=1S/C15H12BrN5O2/c1-10-14(9-18-20(10)11-5-3-2-4-6-11)19-15-13(16)7-12(8-17-15)21(22)23/h2-9H,1H3,(H,17,19). The number of pyridine rings is 1. The first-order valence-corrected chi connectivity index (χ1v) is 7.52. The van der Waals surface area contributed by atoms with E-state index in [0.29, 0.717) is 10.3 Å². The molecule has 3 rings (SSSR count). The summed E-state index contributed by atoms with van der Waals surface area (Å²) in [4.78, 5) is 14.3. The highest BCUT2D eigenvalue weighted by Crippen LogP contribution is 2.28. The highest BCUT2D eigenvalue weighted by molar-refractivity contribution is 9.10. The summed E-state index contributed by atoms with van der Waals surface area (Å²) in [6.07, 6.45) is 2.90. The fourth-order valence-corrected chi connectivity index (χ4v) is 2.55. The van der Waals surface area contributed by atoms with Gasteiger partial charge in [-0.05, 0) is 35.0 Å². The minimum Gasteiger partial charge on any atom is -0.336 e. The lowest BCUT2D eigenvalue weighted by atomic mass is 10.3. The second kappa shape index (κ2) is 6.17. The number of halogens is 1. The molecule has 1 N–H and O–H groups in total. The molecule has 0 amide bonds. The van der Waals surface area contributed by atoms with Crippen LogP contribution in [0.15, 0.2) is 53.3 Å². The van der Waals surface area contributed by atoms with Crippen molar-refractivity contribution in [1.29, 1.82) is 0 Å². The van der Waals surface area contributed by atoms with Gasteiger partial charge in [-0.3, -0.25) is 10.1 Å². The molecule has 3 aromatic rings. The normalized spacial score (nSPS) is 10.5. The minimum absolute atomic E-state index is 0.0703. The molecular weight excluding hydrogens is 362 g/mol. The van der Waals surface area contributed by atoms with Crippen LogP contribution in [0.5, 0.6) is 0 Å². The van der Waals surface area contributed by atoms with Gasteiger partial charge in [0.25, 0.3) is 5.69 Å². The Hall–Kier alpha value is -2.74. The first kappa shape index (κ1) is 15.2. The van der Waals surface area contributed by atoms with Crippen molar-refractivity contribution < 1.29 is 4.92 Å². The largest absolute Gasteiger partial charge is 0.336 e. The zero-order valence-electron chi connectivity index (χ0n) is 12.1. The molecule has 2 aromatic heterocycles. The van der Waals surface area contributed by atoms with Crippen LogP contribution in [0.1, 0.15) is 5.69 Å². The van der Waals surface area contributed by atoms with Crippen LogP contribution in [-0.2, 0) is 0 Å². The van der Waals surface area contributed by atoms with Crippen molar-refractivity contribution >= 4 is 33.1 Å².